The third-order valence-corrected chi connectivity index (χ3v) is 6.78. The van der Waals surface area contributed by atoms with E-state index in [0.29, 0.717) is 17.2 Å². The van der Waals surface area contributed by atoms with Crippen molar-refractivity contribution in [2.45, 2.75) is 31.2 Å². The van der Waals surface area contributed by atoms with Crippen LogP contribution in [0.5, 0.6) is 0 Å². The van der Waals surface area contributed by atoms with E-state index in [2.05, 4.69) is 30.1 Å². The lowest BCUT2D eigenvalue weighted by atomic mass is 10.1. The monoisotopic (exact) mass is 461 g/mol. The molecular formula is C23H23N7O2S. The Hall–Kier alpha value is -3.76. The first-order valence-corrected chi connectivity index (χ1v) is 11.9. The fraction of sp³-hybridized carbons (Fsp3) is 0.174. The van der Waals surface area contributed by atoms with Crippen molar-refractivity contribution in [3.05, 3.63) is 67.1 Å². The summed E-state index contributed by atoms with van der Waals surface area (Å²) in [6, 6.07) is 16.3. The highest BCUT2D eigenvalue weighted by atomic mass is 32.2. The predicted octanol–water partition coefficient (Wildman–Crippen LogP) is 4.09. The number of H-pyrrole nitrogens is 1. The zero-order chi connectivity index (χ0) is 23.2. The average Bonchev–Trinajstić information content (AvgIpc) is 3.38. The normalized spacial score (nSPS) is 12.5. The van der Waals surface area contributed by atoms with Crippen LogP contribution in [0.2, 0.25) is 0 Å². The van der Waals surface area contributed by atoms with E-state index < -0.39 is 15.6 Å². The molecule has 0 aliphatic rings. The van der Waals surface area contributed by atoms with Crippen molar-refractivity contribution in [3.8, 4) is 11.3 Å². The van der Waals surface area contributed by atoms with Crippen molar-refractivity contribution in [1.82, 2.24) is 29.3 Å². The predicted molar refractivity (Wildman–Crippen MR) is 128 cm³/mol. The third kappa shape index (κ3) is 4.18. The molecule has 0 unspecified atom stereocenters. The molecular weight excluding hydrogens is 438 g/mol. The second-order valence-electron chi connectivity index (χ2n) is 8.75. The number of anilines is 2. The molecule has 5 aromatic rings. The lowest BCUT2D eigenvalue weighted by Gasteiger charge is -2.21. The number of nitrogens with zero attached hydrogens (tertiary/aromatic N) is 4. The van der Waals surface area contributed by atoms with Crippen LogP contribution in [-0.2, 0) is 10.0 Å². The van der Waals surface area contributed by atoms with Crippen molar-refractivity contribution >= 4 is 38.2 Å². The fourth-order valence-electron chi connectivity index (χ4n) is 3.68. The van der Waals surface area contributed by atoms with Crippen molar-refractivity contribution in [3.63, 3.8) is 0 Å². The molecule has 5 rings (SSSR count). The van der Waals surface area contributed by atoms with Gasteiger partial charge < -0.3 is 10.3 Å². The van der Waals surface area contributed by atoms with Gasteiger partial charge in [0.2, 0.25) is 16.0 Å². The zero-order valence-electron chi connectivity index (χ0n) is 18.4. The molecule has 0 aliphatic carbocycles. The Morgan fingerprint density at radius 3 is 2.64 bits per heavy atom. The summed E-state index contributed by atoms with van der Waals surface area (Å²) in [7, 11) is -3.75. The third-order valence-electron chi connectivity index (χ3n) is 4.97. The van der Waals surface area contributed by atoms with Crippen LogP contribution in [0.4, 0.5) is 11.6 Å². The number of sulfonamides is 1. The van der Waals surface area contributed by atoms with Gasteiger partial charge in [-0.3, -0.25) is 0 Å². The molecule has 9 nitrogen and oxygen atoms in total. The number of hydrogen-bond acceptors (Lipinski definition) is 6. The van der Waals surface area contributed by atoms with Gasteiger partial charge >= 0.3 is 0 Å². The van der Waals surface area contributed by atoms with Crippen LogP contribution < -0.4 is 10.0 Å². The Kier molecular flexibility index (Phi) is 4.91. The summed E-state index contributed by atoms with van der Waals surface area (Å²) in [4.78, 5) is 11.9. The Morgan fingerprint density at radius 2 is 1.82 bits per heavy atom. The van der Waals surface area contributed by atoms with Gasteiger partial charge in [-0.15, -0.1) is 5.10 Å². The quantitative estimate of drug-likeness (QED) is 0.363. The van der Waals surface area contributed by atoms with E-state index in [0.717, 1.165) is 22.2 Å². The van der Waals surface area contributed by atoms with Crippen LogP contribution in [0.15, 0.2) is 72.0 Å². The Morgan fingerprint density at radius 1 is 1.00 bits per heavy atom. The van der Waals surface area contributed by atoms with Gasteiger partial charge in [0.1, 0.15) is 0 Å². The largest absolute Gasteiger partial charge is 0.345 e. The lowest BCUT2D eigenvalue weighted by molar-refractivity contribution is 0.491. The van der Waals surface area contributed by atoms with Crippen LogP contribution in [0.25, 0.3) is 27.8 Å². The molecule has 3 N–H and O–H groups in total. The van der Waals surface area contributed by atoms with Gasteiger partial charge in [-0.1, -0.05) is 18.2 Å². The number of fused-ring (bicyclic) bond motifs is 2. The SMILES string of the molecule is CC(C)(C)NS(=O)(=O)c1ccccc1-c1ccc2cnc(Nc3ccc4nc[nH]c4c3)nn12. The number of imidazole rings is 1. The van der Waals surface area contributed by atoms with Gasteiger partial charge in [0.25, 0.3) is 0 Å². The van der Waals surface area contributed by atoms with Crippen molar-refractivity contribution in [1.29, 1.82) is 0 Å². The molecule has 0 atom stereocenters. The molecule has 2 aromatic carbocycles. The summed E-state index contributed by atoms with van der Waals surface area (Å²) in [5, 5.41) is 7.83. The van der Waals surface area contributed by atoms with E-state index >= 15 is 0 Å². The van der Waals surface area contributed by atoms with E-state index in [1.165, 1.54) is 0 Å². The molecule has 0 saturated heterocycles. The smallest absolute Gasteiger partial charge is 0.245 e. The highest BCUT2D eigenvalue weighted by Gasteiger charge is 2.25. The summed E-state index contributed by atoms with van der Waals surface area (Å²) in [6.07, 6.45) is 3.33. The first-order chi connectivity index (χ1) is 15.7. The van der Waals surface area contributed by atoms with Crippen LogP contribution >= 0.6 is 0 Å². The fourth-order valence-corrected chi connectivity index (χ4v) is 5.31. The van der Waals surface area contributed by atoms with Crippen LogP contribution in [0, 0.1) is 0 Å². The number of nitrogens with one attached hydrogen (secondary N) is 3. The molecule has 168 valence electrons. The minimum atomic E-state index is -3.75. The van der Waals surface area contributed by atoms with Crippen LogP contribution in [0.1, 0.15) is 20.8 Å². The summed E-state index contributed by atoms with van der Waals surface area (Å²) in [5.74, 6) is 0.381. The number of rotatable bonds is 5. The van der Waals surface area contributed by atoms with E-state index in [1.54, 1.807) is 35.2 Å². The average molecular weight is 462 g/mol. The van der Waals surface area contributed by atoms with E-state index in [4.69, 9.17) is 0 Å². The number of benzene rings is 2. The first-order valence-electron chi connectivity index (χ1n) is 10.4. The lowest BCUT2D eigenvalue weighted by Crippen LogP contribution is -2.40. The van der Waals surface area contributed by atoms with Gasteiger partial charge in [0.15, 0.2) is 0 Å². The number of hydrogen-bond donors (Lipinski definition) is 3. The minimum Gasteiger partial charge on any atom is -0.345 e. The zero-order valence-corrected chi connectivity index (χ0v) is 19.2. The van der Waals surface area contributed by atoms with Gasteiger partial charge in [-0.05, 0) is 57.2 Å². The molecule has 0 radical (unpaired) electrons. The highest BCUT2D eigenvalue weighted by Crippen LogP contribution is 2.29. The van der Waals surface area contributed by atoms with Crippen molar-refractivity contribution in [2.75, 3.05) is 5.32 Å². The number of aromatic amines is 1. The van der Waals surface area contributed by atoms with Gasteiger partial charge in [0, 0.05) is 16.8 Å². The molecule has 3 aromatic heterocycles. The summed E-state index contributed by atoms with van der Waals surface area (Å²) in [5.41, 5.74) is 3.90. The maximum Gasteiger partial charge on any atom is 0.245 e. The summed E-state index contributed by atoms with van der Waals surface area (Å²) < 4.78 is 30.7. The maximum absolute atomic E-state index is 13.1. The highest BCUT2D eigenvalue weighted by molar-refractivity contribution is 7.89. The Bertz CT molecular complexity index is 1580. The van der Waals surface area contributed by atoms with Crippen molar-refractivity contribution < 1.29 is 8.42 Å². The summed E-state index contributed by atoms with van der Waals surface area (Å²) in [6.45, 7) is 5.43. The molecule has 0 bridgehead atoms. The minimum absolute atomic E-state index is 0.192. The topological polar surface area (TPSA) is 117 Å². The van der Waals surface area contributed by atoms with E-state index in [9.17, 15) is 8.42 Å². The molecule has 0 saturated carbocycles. The Labute approximate surface area is 191 Å². The second-order valence-corrected chi connectivity index (χ2v) is 10.4. The molecule has 3 heterocycles. The molecule has 0 aliphatic heterocycles. The van der Waals surface area contributed by atoms with Gasteiger partial charge in [-0.25, -0.2) is 27.6 Å². The molecule has 10 heteroatoms. The molecule has 0 fully saturated rings. The maximum atomic E-state index is 13.1. The first kappa shape index (κ1) is 21.1. The van der Waals surface area contributed by atoms with Gasteiger partial charge in [-0.2, -0.15) is 0 Å². The van der Waals surface area contributed by atoms with Crippen LogP contribution in [0.3, 0.4) is 0 Å². The standard InChI is InChI=1S/C23H23N7O2S/c1-23(2,3)29-33(31,32)21-7-5-4-6-17(21)20-11-9-16-13-24-22(28-30(16)20)27-15-8-10-18-19(12-15)26-14-25-18/h4-14,29H,1-3H3,(H,25,26)(H,27,28). The van der Waals surface area contributed by atoms with E-state index in [1.807, 2.05) is 57.2 Å². The molecule has 33 heavy (non-hydrogen) atoms. The van der Waals surface area contributed by atoms with Crippen LogP contribution in [-0.4, -0.2) is 38.5 Å². The van der Waals surface area contributed by atoms with E-state index in [-0.39, 0.29) is 4.90 Å². The summed E-state index contributed by atoms with van der Waals surface area (Å²) >= 11 is 0. The number of aromatic nitrogens is 5. The van der Waals surface area contributed by atoms with Gasteiger partial charge in [0.05, 0.1) is 39.7 Å². The Balaban J connectivity index is 1.56. The molecule has 0 amide bonds. The second kappa shape index (κ2) is 7.68. The van der Waals surface area contributed by atoms with Crippen molar-refractivity contribution in [2.24, 2.45) is 0 Å². The molecule has 0 spiro atoms.